The Bertz CT molecular complexity index is 329. The minimum Gasteiger partial charge on any atom is -0.323 e. The molecule has 2 saturated carbocycles. The average Bonchev–Trinajstić information content (AvgIpc) is 2.46. The van der Waals surface area contributed by atoms with Gasteiger partial charge in [-0.05, 0) is 18.3 Å². The van der Waals surface area contributed by atoms with Crippen LogP contribution in [0.2, 0.25) is 0 Å². The highest BCUT2D eigenvalue weighted by Crippen LogP contribution is 2.62. The van der Waals surface area contributed by atoms with Gasteiger partial charge in [-0.2, -0.15) is 10.2 Å². The van der Waals surface area contributed by atoms with E-state index in [0.717, 1.165) is 24.3 Å². The van der Waals surface area contributed by atoms with Gasteiger partial charge in [0.05, 0.1) is 11.4 Å². The summed E-state index contributed by atoms with van der Waals surface area (Å²) in [7, 11) is 0. The van der Waals surface area contributed by atoms with Crippen LogP contribution in [0.5, 0.6) is 0 Å². The van der Waals surface area contributed by atoms with Crippen LogP contribution < -0.4 is 11.7 Å². The van der Waals surface area contributed by atoms with Gasteiger partial charge in [-0.15, -0.1) is 0 Å². The molecule has 4 nitrogen and oxygen atoms in total. The van der Waals surface area contributed by atoms with Crippen molar-refractivity contribution in [3.8, 4) is 0 Å². The second-order valence-corrected chi connectivity index (χ2v) is 5.14. The molecule has 0 amide bonds. The summed E-state index contributed by atoms with van der Waals surface area (Å²) in [5.74, 6) is 11.3. The van der Waals surface area contributed by atoms with Gasteiger partial charge in [0.2, 0.25) is 0 Å². The van der Waals surface area contributed by atoms with Crippen LogP contribution in [0.3, 0.4) is 0 Å². The summed E-state index contributed by atoms with van der Waals surface area (Å²) in [6, 6.07) is 0. The van der Waals surface area contributed by atoms with Crippen LogP contribution in [-0.4, -0.2) is 11.4 Å². The zero-order valence-electron chi connectivity index (χ0n) is 9.04. The third kappa shape index (κ3) is 0.751. The first-order valence-electron chi connectivity index (χ1n) is 5.05. The number of rotatable bonds is 0. The molecule has 0 aromatic heterocycles. The summed E-state index contributed by atoms with van der Waals surface area (Å²) in [5.41, 5.74) is 2.08. The lowest BCUT2D eigenvalue weighted by atomic mass is 9.70. The first-order chi connectivity index (χ1) is 6.49. The van der Waals surface area contributed by atoms with E-state index in [2.05, 4.69) is 31.0 Å². The lowest BCUT2D eigenvalue weighted by molar-refractivity contribution is 0.207. The molecule has 2 bridgehead atoms. The fourth-order valence-electron chi connectivity index (χ4n) is 3.21. The van der Waals surface area contributed by atoms with Crippen LogP contribution in [-0.2, 0) is 0 Å². The van der Waals surface area contributed by atoms with E-state index >= 15 is 0 Å². The van der Waals surface area contributed by atoms with Crippen molar-refractivity contribution < 1.29 is 0 Å². The maximum atomic E-state index is 5.44. The maximum Gasteiger partial charge on any atom is 0.0900 e. The predicted molar refractivity (Wildman–Crippen MR) is 57.9 cm³/mol. The van der Waals surface area contributed by atoms with Gasteiger partial charge in [-0.3, -0.25) is 0 Å². The van der Waals surface area contributed by atoms with Crippen molar-refractivity contribution in [1.82, 2.24) is 0 Å². The first-order valence-corrected chi connectivity index (χ1v) is 5.05. The Morgan fingerprint density at radius 1 is 1.21 bits per heavy atom. The number of hydrogen-bond acceptors (Lipinski definition) is 4. The van der Waals surface area contributed by atoms with Gasteiger partial charge < -0.3 is 11.7 Å². The first kappa shape index (κ1) is 9.49. The van der Waals surface area contributed by atoms with Crippen LogP contribution in [0, 0.1) is 16.7 Å². The number of fused-ring (bicyclic) bond motifs is 2. The topological polar surface area (TPSA) is 76.8 Å². The number of nitrogens with two attached hydrogens (primary N) is 2. The number of hydrogen-bond donors (Lipinski definition) is 2. The Hall–Kier alpha value is -1.06. The molecule has 0 heterocycles. The Morgan fingerprint density at radius 2 is 1.86 bits per heavy atom. The average molecular weight is 194 g/mol. The highest BCUT2D eigenvalue weighted by molar-refractivity contribution is 6.47. The standard InChI is InChI=1S/C10H18N4/c1-9(2)6-4-5-10(9,3)8(14-12)7(6)13-11/h6H,4-5,11-12H2,1-3H3. The van der Waals surface area contributed by atoms with Gasteiger partial charge in [0.1, 0.15) is 0 Å². The lowest BCUT2D eigenvalue weighted by Crippen LogP contribution is -2.34. The molecule has 0 saturated heterocycles. The summed E-state index contributed by atoms with van der Waals surface area (Å²) in [6.07, 6.45) is 2.29. The highest BCUT2D eigenvalue weighted by Gasteiger charge is 2.63. The molecular formula is C10H18N4. The molecule has 0 spiro atoms. The second-order valence-electron chi connectivity index (χ2n) is 5.14. The largest absolute Gasteiger partial charge is 0.323 e. The monoisotopic (exact) mass is 194 g/mol. The van der Waals surface area contributed by atoms with Crippen LogP contribution in [0.25, 0.3) is 0 Å². The molecule has 0 aromatic carbocycles. The minimum atomic E-state index is 0.0601. The van der Waals surface area contributed by atoms with E-state index in [-0.39, 0.29) is 10.8 Å². The summed E-state index contributed by atoms with van der Waals surface area (Å²) < 4.78 is 0. The zero-order valence-corrected chi connectivity index (χ0v) is 9.04. The molecule has 2 atom stereocenters. The van der Waals surface area contributed by atoms with Gasteiger partial charge in [0.15, 0.2) is 0 Å². The van der Waals surface area contributed by atoms with Crippen molar-refractivity contribution in [2.45, 2.75) is 33.6 Å². The third-order valence-corrected chi connectivity index (χ3v) is 4.59. The molecule has 4 N–H and O–H groups in total. The van der Waals surface area contributed by atoms with Crippen molar-refractivity contribution in [3.05, 3.63) is 0 Å². The van der Waals surface area contributed by atoms with Gasteiger partial charge >= 0.3 is 0 Å². The molecule has 2 fully saturated rings. The molecule has 2 aliphatic carbocycles. The van der Waals surface area contributed by atoms with Gasteiger partial charge in [-0.1, -0.05) is 20.8 Å². The summed E-state index contributed by atoms with van der Waals surface area (Å²) in [6.45, 7) is 6.74. The quantitative estimate of drug-likeness (QED) is 0.447. The van der Waals surface area contributed by atoms with E-state index in [9.17, 15) is 0 Å². The minimum absolute atomic E-state index is 0.0601. The van der Waals surface area contributed by atoms with E-state index < -0.39 is 0 Å². The number of nitrogens with zero attached hydrogens (tertiary/aromatic N) is 2. The molecule has 2 unspecified atom stereocenters. The van der Waals surface area contributed by atoms with Crippen molar-refractivity contribution in [1.29, 1.82) is 0 Å². The van der Waals surface area contributed by atoms with Crippen LogP contribution >= 0.6 is 0 Å². The molecule has 0 aromatic rings. The van der Waals surface area contributed by atoms with Gasteiger partial charge in [0, 0.05) is 11.3 Å². The van der Waals surface area contributed by atoms with Crippen LogP contribution in [0.1, 0.15) is 33.6 Å². The highest BCUT2D eigenvalue weighted by atomic mass is 15.2. The van der Waals surface area contributed by atoms with Crippen LogP contribution in [0.4, 0.5) is 0 Å². The molecule has 4 heteroatoms. The predicted octanol–water partition coefficient (Wildman–Crippen LogP) is 1.07. The van der Waals surface area contributed by atoms with E-state index in [0.29, 0.717) is 5.92 Å². The smallest absolute Gasteiger partial charge is 0.0900 e. The van der Waals surface area contributed by atoms with E-state index in [1.807, 2.05) is 0 Å². The molecule has 2 rings (SSSR count). The maximum absolute atomic E-state index is 5.44. The molecule has 14 heavy (non-hydrogen) atoms. The molecule has 2 aliphatic rings. The van der Waals surface area contributed by atoms with Crippen molar-refractivity contribution in [2.75, 3.05) is 0 Å². The van der Waals surface area contributed by atoms with Crippen molar-refractivity contribution >= 4 is 11.4 Å². The van der Waals surface area contributed by atoms with Gasteiger partial charge in [0.25, 0.3) is 0 Å². The normalized spacial score (nSPS) is 45.2. The van der Waals surface area contributed by atoms with E-state index in [1.165, 1.54) is 0 Å². The Labute approximate surface area is 84.4 Å². The lowest BCUT2D eigenvalue weighted by Gasteiger charge is -2.33. The SMILES string of the molecule is CC12CCC(C(=NN)C1=NN)C2(C)C. The summed E-state index contributed by atoms with van der Waals surface area (Å²) in [5, 5.41) is 7.76. The summed E-state index contributed by atoms with van der Waals surface area (Å²) in [4.78, 5) is 0. The molecule has 0 radical (unpaired) electrons. The van der Waals surface area contributed by atoms with E-state index in [1.54, 1.807) is 0 Å². The van der Waals surface area contributed by atoms with Crippen molar-refractivity contribution in [2.24, 2.45) is 38.6 Å². The van der Waals surface area contributed by atoms with Gasteiger partial charge in [-0.25, -0.2) is 0 Å². The molecule has 0 aliphatic heterocycles. The molecular weight excluding hydrogens is 176 g/mol. The fourth-order valence-corrected chi connectivity index (χ4v) is 3.21. The number of hydrazone groups is 2. The van der Waals surface area contributed by atoms with E-state index in [4.69, 9.17) is 11.7 Å². The molecule has 78 valence electrons. The Balaban J connectivity index is 2.60. The zero-order chi connectivity index (χ0) is 10.6. The van der Waals surface area contributed by atoms with Crippen molar-refractivity contribution in [3.63, 3.8) is 0 Å². The van der Waals surface area contributed by atoms with Crippen LogP contribution in [0.15, 0.2) is 10.2 Å². The fraction of sp³-hybridized carbons (Fsp3) is 0.800. The second kappa shape index (κ2) is 2.49. The third-order valence-electron chi connectivity index (χ3n) is 4.59. The Morgan fingerprint density at radius 3 is 2.29 bits per heavy atom. The summed E-state index contributed by atoms with van der Waals surface area (Å²) >= 11 is 0. The Kier molecular flexibility index (Phi) is 1.69.